The Bertz CT molecular complexity index is 1180. The van der Waals surface area contributed by atoms with Crippen LogP contribution in [0.3, 0.4) is 0 Å². The molecule has 4 rings (SSSR count). The number of carbonyl (C=O) groups is 1. The van der Waals surface area contributed by atoms with Crippen molar-refractivity contribution >= 4 is 40.5 Å². The number of nitrogens with zero attached hydrogens (tertiary/aromatic N) is 1. The van der Waals surface area contributed by atoms with Gasteiger partial charge in [-0.2, -0.15) is 0 Å². The number of hydrogen-bond donors (Lipinski definition) is 2. The molecule has 1 heterocycles. The van der Waals surface area contributed by atoms with E-state index in [0.717, 1.165) is 5.56 Å². The van der Waals surface area contributed by atoms with Crippen molar-refractivity contribution in [2.75, 3.05) is 43.6 Å². The number of carboxylic acid groups (broad SMARTS) is 1. The first-order valence-corrected chi connectivity index (χ1v) is 11.9. The zero-order valence-corrected chi connectivity index (χ0v) is 20.7. The van der Waals surface area contributed by atoms with Gasteiger partial charge in [0, 0.05) is 40.9 Å². The van der Waals surface area contributed by atoms with Gasteiger partial charge in [-0.1, -0.05) is 35.3 Å². The minimum atomic E-state index is -0.961. The number of methoxy groups -OCH3 is 1. The Kier molecular flexibility index (Phi) is 8.23. The molecule has 0 aliphatic carbocycles. The van der Waals surface area contributed by atoms with Crippen LogP contribution in [0.25, 0.3) is 0 Å². The molecule has 184 valence electrons. The van der Waals surface area contributed by atoms with Gasteiger partial charge in [0.25, 0.3) is 0 Å². The van der Waals surface area contributed by atoms with Crippen LogP contribution < -0.4 is 19.7 Å². The Morgan fingerprint density at radius 1 is 1.06 bits per heavy atom. The van der Waals surface area contributed by atoms with Crippen LogP contribution in [0.2, 0.25) is 10.0 Å². The molecule has 0 atom stereocenters. The summed E-state index contributed by atoms with van der Waals surface area (Å²) < 4.78 is 16.8. The highest BCUT2D eigenvalue weighted by Crippen LogP contribution is 2.32. The first kappa shape index (κ1) is 25.0. The van der Waals surface area contributed by atoms with Crippen molar-refractivity contribution in [3.05, 3.63) is 81.3 Å². The van der Waals surface area contributed by atoms with E-state index in [9.17, 15) is 9.90 Å². The smallest absolute Gasteiger partial charge is 0.337 e. The van der Waals surface area contributed by atoms with Crippen LogP contribution in [0.15, 0.2) is 54.6 Å². The molecule has 0 unspecified atom stereocenters. The van der Waals surface area contributed by atoms with Crippen LogP contribution in [-0.4, -0.2) is 44.5 Å². The normalized spacial score (nSPS) is 13.4. The first-order valence-electron chi connectivity index (χ1n) is 11.1. The molecule has 0 spiro atoms. The van der Waals surface area contributed by atoms with E-state index in [1.165, 1.54) is 0 Å². The Hall–Kier alpha value is -3.13. The maximum atomic E-state index is 11.9. The van der Waals surface area contributed by atoms with Crippen LogP contribution in [0.4, 0.5) is 11.4 Å². The van der Waals surface area contributed by atoms with Gasteiger partial charge in [-0.05, 0) is 48.0 Å². The van der Waals surface area contributed by atoms with E-state index in [-0.39, 0.29) is 12.2 Å². The van der Waals surface area contributed by atoms with Gasteiger partial charge in [-0.25, -0.2) is 4.79 Å². The van der Waals surface area contributed by atoms with Gasteiger partial charge in [0.05, 0.1) is 31.6 Å². The fourth-order valence-electron chi connectivity index (χ4n) is 3.86. The molecule has 1 aliphatic rings. The minimum Gasteiger partial charge on any atom is -0.493 e. The van der Waals surface area contributed by atoms with E-state index >= 15 is 0 Å². The summed E-state index contributed by atoms with van der Waals surface area (Å²) in [4.78, 5) is 13.9. The van der Waals surface area contributed by atoms with Gasteiger partial charge < -0.3 is 29.5 Å². The van der Waals surface area contributed by atoms with Crippen molar-refractivity contribution in [3.8, 4) is 11.5 Å². The molecule has 3 aromatic carbocycles. The molecule has 35 heavy (non-hydrogen) atoms. The number of hydrogen-bond acceptors (Lipinski definition) is 6. The van der Waals surface area contributed by atoms with Crippen molar-refractivity contribution < 1.29 is 24.1 Å². The molecule has 1 aliphatic heterocycles. The highest BCUT2D eigenvalue weighted by Gasteiger charge is 2.19. The summed E-state index contributed by atoms with van der Waals surface area (Å²) in [5, 5.41) is 14.1. The highest BCUT2D eigenvalue weighted by molar-refractivity contribution is 6.35. The molecule has 1 saturated heterocycles. The molecular weight excluding hydrogens is 491 g/mol. The predicted octanol–water partition coefficient (Wildman–Crippen LogP) is 5.73. The number of benzene rings is 3. The fraction of sp³-hybridized carbons (Fsp3) is 0.269. The lowest BCUT2D eigenvalue weighted by Gasteiger charge is -2.30. The second-order valence-electron chi connectivity index (χ2n) is 7.96. The highest BCUT2D eigenvalue weighted by atomic mass is 35.5. The van der Waals surface area contributed by atoms with Gasteiger partial charge in [-0.3, -0.25) is 0 Å². The Morgan fingerprint density at radius 3 is 2.49 bits per heavy atom. The van der Waals surface area contributed by atoms with E-state index < -0.39 is 5.97 Å². The van der Waals surface area contributed by atoms with Gasteiger partial charge in [0.2, 0.25) is 0 Å². The molecule has 3 aromatic rings. The van der Waals surface area contributed by atoms with E-state index in [0.29, 0.717) is 71.3 Å². The molecule has 1 fully saturated rings. The monoisotopic (exact) mass is 516 g/mol. The molecule has 0 saturated carbocycles. The number of anilines is 2. The SMILES string of the molecule is COc1cc(CNc2ccc(N3CCOCC3)c(C(=O)O)c2)ccc1OCc1c(Cl)cccc1Cl. The largest absolute Gasteiger partial charge is 0.493 e. The summed E-state index contributed by atoms with van der Waals surface area (Å²) in [7, 11) is 1.57. The molecule has 0 amide bonds. The van der Waals surface area contributed by atoms with Crippen molar-refractivity contribution in [1.82, 2.24) is 0 Å². The number of halogens is 2. The lowest BCUT2D eigenvalue weighted by molar-refractivity contribution is 0.0696. The van der Waals surface area contributed by atoms with Crippen LogP contribution in [-0.2, 0) is 17.9 Å². The number of nitrogens with one attached hydrogen (secondary N) is 1. The number of ether oxygens (including phenoxy) is 3. The van der Waals surface area contributed by atoms with Crippen molar-refractivity contribution in [3.63, 3.8) is 0 Å². The molecular formula is C26H26Cl2N2O5. The maximum absolute atomic E-state index is 11.9. The van der Waals surface area contributed by atoms with Crippen LogP contribution >= 0.6 is 23.2 Å². The summed E-state index contributed by atoms with van der Waals surface area (Å²) in [5.74, 6) is 0.175. The van der Waals surface area contributed by atoms with Crippen molar-refractivity contribution in [2.24, 2.45) is 0 Å². The van der Waals surface area contributed by atoms with E-state index in [1.807, 2.05) is 35.2 Å². The van der Waals surface area contributed by atoms with E-state index in [4.69, 9.17) is 37.4 Å². The predicted molar refractivity (Wildman–Crippen MR) is 138 cm³/mol. The van der Waals surface area contributed by atoms with Gasteiger partial charge in [0.1, 0.15) is 6.61 Å². The zero-order chi connectivity index (χ0) is 24.8. The molecule has 0 radical (unpaired) electrons. The fourth-order valence-corrected chi connectivity index (χ4v) is 4.37. The average molecular weight is 517 g/mol. The number of morpholine rings is 1. The zero-order valence-electron chi connectivity index (χ0n) is 19.2. The summed E-state index contributed by atoms with van der Waals surface area (Å²) in [5.41, 5.74) is 3.33. The number of aromatic carboxylic acids is 1. The maximum Gasteiger partial charge on any atom is 0.337 e. The minimum absolute atomic E-state index is 0.208. The number of rotatable bonds is 9. The quantitative estimate of drug-likeness (QED) is 0.375. The molecule has 7 nitrogen and oxygen atoms in total. The third kappa shape index (κ3) is 6.11. The van der Waals surface area contributed by atoms with Gasteiger partial charge in [-0.15, -0.1) is 0 Å². The van der Waals surface area contributed by atoms with Crippen molar-refractivity contribution in [2.45, 2.75) is 13.2 Å². The van der Waals surface area contributed by atoms with Crippen LogP contribution in [0.1, 0.15) is 21.5 Å². The van der Waals surface area contributed by atoms with Gasteiger partial charge >= 0.3 is 5.97 Å². The summed E-state index contributed by atoms with van der Waals surface area (Å²) in [6.07, 6.45) is 0. The van der Waals surface area contributed by atoms with Gasteiger partial charge in [0.15, 0.2) is 11.5 Å². The second-order valence-corrected chi connectivity index (χ2v) is 8.78. The third-order valence-electron chi connectivity index (χ3n) is 5.74. The van der Waals surface area contributed by atoms with Crippen LogP contribution in [0, 0.1) is 0 Å². The second kappa shape index (κ2) is 11.5. The van der Waals surface area contributed by atoms with E-state index in [1.54, 1.807) is 31.4 Å². The first-order chi connectivity index (χ1) is 17.0. The Balaban J connectivity index is 1.44. The number of carboxylic acids is 1. The third-order valence-corrected chi connectivity index (χ3v) is 6.45. The van der Waals surface area contributed by atoms with Crippen LogP contribution in [0.5, 0.6) is 11.5 Å². The summed E-state index contributed by atoms with van der Waals surface area (Å²) >= 11 is 12.5. The Morgan fingerprint density at radius 2 is 1.80 bits per heavy atom. The molecule has 9 heteroatoms. The van der Waals surface area contributed by atoms with E-state index in [2.05, 4.69) is 5.32 Å². The van der Waals surface area contributed by atoms with Crippen molar-refractivity contribution in [1.29, 1.82) is 0 Å². The summed E-state index contributed by atoms with van der Waals surface area (Å²) in [6.45, 7) is 3.20. The Labute approximate surface area is 214 Å². The summed E-state index contributed by atoms with van der Waals surface area (Å²) in [6, 6.07) is 16.3. The standard InChI is InChI=1S/C26H26Cl2N2O5/c1-33-25-13-17(5-8-24(25)35-16-20-21(27)3-2-4-22(20)28)15-29-18-6-7-23(19(14-18)26(31)32)30-9-11-34-12-10-30/h2-8,13-14,29H,9-12,15-16H2,1H3,(H,31,32). The lowest BCUT2D eigenvalue weighted by Crippen LogP contribution is -2.37. The lowest BCUT2D eigenvalue weighted by atomic mass is 10.1. The molecule has 0 bridgehead atoms. The average Bonchev–Trinajstić information content (AvgIpc) is 2.87. The molecule has 0 aromatic heterocycles. The molecule has 2 N–H and O–H groups in total. The topological polar surface area (TPSA) is 80.3 Å².